The highest BCUT2D eigenvalue weighted by atomic mass is 16.5. The van der Waals surface area contributed by atoms with Crippen molar-refractivity contribution in [1.82, 2.24) is 20.8 Å². The van der Waals surface area contributed by atoms with E-state index in [1.165, 1.54) is 12.4 Å². The summed E-state index contributed by atoms with van der Waals surface area (Å²) in [5, 5.41) is 13.1. The molecule has 1 aliphatic rings. The molecule has 2 aromatic rings. The van der Waals surface area contributed by atoms with Crippen molar-refractivity contribution >= 4 is 11.8 Å². The third-order valence-corrected chi connectivity index (χ3v) is 4.09. The van der Waals surface area contributed by atoms with E-state index in [1.54, 1.807) is 18.2 Å². The van der Waals surface area contributed by atoms with Crippen LogP contribution in [-0.4, -0.2) is 47.8 Å². The molecule has 1 saturated heterocycles. The molecule has 1 aliphatic heterocycles. The number of benzene rings is 1. The molecule has 0 bridgehead atoms. The van der Waals surface area contributed by atoms with Crippen LogP contribution in [0.1, 0.15) is 27.1 Å². The predicted molar refractivity (Wildman–Crippen MR) is 91.0 cm³/mol. The molecule has 25 heavy (non-hydrogen) atoms. The molecule has 0 saturated carbocycles. The molecule has 7 heteroatoms. The van der Waals surface area contributed by atoms with E-state index < -0.39 is 0 Å². The number of carbonyl (C=O) groups is 2. The Kier molecular flexibility index (Phi) is 5.69. The fourth-order valence-electron chi connectivity index (χ4n) is 2.73. The molecule has 2 heterocycles. The molecular weight excluding hydrogens is 320 g/mol. The van der Waals surface area contributed by atoms with Gasteiger partial charge < -0.3 is 15.4 Å². The molecule has 3 rings (SSSR count). The quantitative estimate of drug-likeness (QED) is 0.820. The predicted octanol–water partition coefficient (Wildman–Crippen LogP) is 1.04. The second-order valence-electron chi connectivity index (χ2n) is 5.97. The summed E-state index contributed by atoms with van der Waals surface area (Å²) >= 11 is 0. The molecule has 7 nitrogen and oxygen atoms in total. The van der Waals surface area contributed by atoms with Crippen LogP contribution >= 0.6 is 0 Å². The number of hydrogen-bond donors (Lipinski definition) is 2. The van der Waals surface area contributed by atoms with Crippen LogP contribution in [0.4, 0.5) is 0 Å². The van der Waals surface area contributed by atoms with E-state index in [1.807, 2.05) is 18.2 Å². The molecule has 2 amide bonds. The molecule has 130 valence electrons. The molecule has 0 unspecified atom stereocenters. The zero-order chi connectivity index (χ0) is 17.5. The van der Waals surface area contributed by atoms with Crippen molar-refractivity contribution in [2.24, 2.45) is 5.92 Å². The normalized spacial score (nSPS) is 19.4. The summed E-state index contributed by atoms with van der Waals surface area (Å²) in [6.45, 7) is 1.57. The van der Waals surface area contributed by atoms with Crippen LogP contribution in [0.2, 0.25) is 0 Å². The van der Waals surface area contributed by atoms with E-state index in [9.17, 15) is 9.59 Å². The SMILES string of the molecule is O=C(NC[C@@H]1CO[C@H](CNC(=O)c2ccnnc2)C1)c1ccccc1. The van der Waals surface area contributed by atoms with E-state index >= 15 is 0 Å². The van der Waals surface area contributed by atoms with Crippen molar-refractivity contribution in [3.8, 4) is 0 Å². The van der Waals surface area contributed by atoms with Crippen LogP contribution < -0.4 is 10.6 Å². The zero-order valence-corrected chi connectivity index (χ0v) is 13.7. The van der Waals surface area contributed by atoms with Gasteiger partial charge in [-0.05, 0) is 24.6 Å². The molecule has 1 aromatic heterocycles. The van der Waals surface area contributed by atoms with Gasteiger partial charge in [0.05, 0.1) is 30.7 Å². The van der Waals surface area contributed by atoms with Crippen molar-refractivity contribution in [3.63, 3.8) is 0 Å². The lowest BCUT2D eigenvalue weighted by atomic mass is 10.1. The Hall–Kier alpha value is -2.80. The number of rotatable bonds is 6. The van der Waals surface area contributed by atoms with Gasteiger partial charge in [-0.25, -0.2) is 0 Å². The lowest BCUT2D eigenvalue weighted by Gasteiger charge is -2.11. The zero-order valence-electron chi connectivity index (χ0n) is 13.7. The van der Waals surface area contributed by atoms with E-state index in [4.69, 9.17) is 4.74 Å². The van der Waals surface area contributed by atoms with Gasteiger partial charge in [0.25, 0.3) is 11.8 Å². The lowest BCUT2D eigenvalue weighted by molar-refractivity contribution is 0.0842. The molecule has 0 aliphatic carbocycles. The van der Waals surface area contributed by atoms with E-state index in [-0.39, 0.29) is 23.8 Å². The summed E-state index contributed by atoms with van der Waals surface area (Å²) in [4.78, 5) is 24.0. The summed E-state index contributed by atoms with van der Waals surface area (Å²) in [5.41, 5.74) is 1.12. The first-order chi connectivity index (χ1) is 12.2. The Morgan fingerprint density at radius 2 is 1.76 bits per heavy atom. The average Bonchev–Trinajstić information content (AvgIpc) is 3.13. The van der Waals surface area contributed by atoms with Gasteiger partial charge in [-0.1, -0.05) is 18.2 Å². The number of carbonyl (C=O) groups excluding carboxylic acids is 2. The van der Waals surface area contributed by atoms with Crippen LogP contribution in [0, 0.1) is 5.92 Å². The third-order valence-electron chi connectivity index (χ3n) is 4.09. The van der Waals surface area contributed by atoms with Gasteiger partial charge in [0.15, 0.2) is 0 Å². The number of amides is 2. The van der Waals surface area contributed by atoms with Crippen molar-refractivity contribution < 1.29 is 14.3 Å². The lowest BCUT2D eigenvalue weighted by Crippen LogP contribution is -2.32. The fourth-order valence-corrected chi connectivity index (χ4v) is 2.73. The Morgan fingerprint density at radius 3 is 2.52 bits per heavy atom. The highest BCUT2D eigenvalue weighted by Gasteiger charge is 2.26. The summed E-state index contributed by atoms with van der Waals surface area (Å²) in [5.74, 6) is -0.0287. The second kappa shape index (κ2) is 8.34. The fraction of sp³-hybridized carbons (Fsp3) is 0.333. The maximum atomic E-state index is 12.0. The molecule has 2 N–H and O–H groups in total. The number of nitrogens with one attached hydrogen (secondary N) is 2. The minimum atomic E-state index is -0.195. The number of nitrogens with zero attached hydrogens (tertiary/aromatic N) is 2. The first-order valence-corrected chi connectivity index (χ1v) is 8.22. The number of hydrogen-bond acceptors (Lipinski definition) is 5. The first kappa shape index (κ1) is 17.0. The minimum Gasteiger partial charge on any atom is -0.376 e. The largest absolute Gasteiger partial charge is 0.376 e. The van der Waals surface area contributed by atoms with Crippen molar-refractivity contribution in [2.75, 3.05) is 19.7 Å². The molecular formula is C18H20N4O3. The maximum absolute atomic E-state index is 12.0. The Balaban J connectivity index is 1.39. The first-order valence-electron chi connectivity index (χ1n) is 8.22. The van der Waals surface area contributed by atoms with Gasteiger partial charge in [-0.2, -0.15) is 10.2 Å². The molecule has 1 fully saturated rings. The standard InChI is InChI=1S/C18H20N4O3/c23-17(14-4-2-1-3-5-14)19-9-13-8-16(25-12-13)11-20-18(24)15-6-7-21-22-10-15/h1-7,10,13,16H,8-9,11-12H2,(H,19,23)(H,20,24)/t13-,16+/m1/s1. The van der Waals surface area contributed by atoms with E-state index in [0.29, 0.717) is 30.8 Å². The van der Waals surface area contributed by atoms with E-state index in [0.717, 1.165) is 6.42 Å². The van der Waals surface area contributed by atoms with Gasteiger partial charge in [-0.3, -0.25) is 9.59 Å². The summed E-state index contributed by atoms with van der Waals surface area (Å²) in [7, 11) is 0. The monoisotopic (exact) mass is 340 g/mol. The topological polar surface area (TPSA) is 93.2 Å². The van der Waals surface area contributed by atoms with Crippen LogP contribution in [0.5, 0.6) is 0 Å². The van der Waals surface area contributed by atoms with E-state index in [2.05, 4.69) is 20.8 Å². The van der Waals surface area contributed by atoms with Gasteiger partial charge in [-0.15, -0.1) is 0 Å². The molecule has 0 spiro atoms. The number of aromatic nitrogens is 2. The van der Waals surface area contributed by atoms with Gasteiger partial charge >= 0.3 is 0 Å². The molecule has 0 radical (unpaired) electrons. The van der Waals surface area contributed by atoms with Crippen molar-refractivity contribution in [3.05, 3.63) is 59.9 Å². The Bertz CT molecular complexity index is 647. The Labute approximate surface area is 145 Å². The van der Waals surface area contributed by atoms with Gasteiger partial charge in [0.1, 0.15) is 0 Å². The van der Waals surface area contributed by atoms with Gasteiger partial charge in [0, 0.05) is 24.6 Å². The average molecular weight is 340 g/mol. The highest BCUT2D eigenvalue weighted by Crippen LogP contribution is 2.18. The summed E-state index contributed by atoms with van der Waals surface area (Å²) in [6, 6.07) is 10.7. The number of ether oxygens (including phenoxy) is 1. The summed E-state index contributed by atoms with van der Waals surface area (Å²) in [6.07, 6.45) is 3.65. The Morgan fingerprint density at radius 1 is 1.00 bits per heavy atom. The van der Waals surface area contributed by atoms with Crippen LogP contribution in [0.3, 0.4) is 0 Å². The highest BCUT2D eigenvalue weighted by molar-refractivity contribution is 5.94. The van der Waals surface area contributed by atoms with Crippen LogP contribution in [-0.2, 0) is 4.74 Å². The molecule has 2 atom stereocenters. The van der Waals surface area contributed by atoms with Crippen LogP contribution in [0.25, 0.3) is 0 Å². The van der Waals surface area contributed by atoms with Crippen molar-refractivity contribution in [2.45, 2.75) is 12.5 Å². The second-order valence-corrected chi connectivity index (χ2v) is 5.97. The van der Waals surface area contributed by atoms with Gasteiger partial charge in [0.2, 0.25) is 0 Å². The third kappa shape index (κ3) is 4.84. The van der Waals surface area contributed by atoms with Crippen molar-refractivity contribution in [1.29, 1.82) is 0 Å². The minimum absolute atomic E-state index is 0.0441. The smallest absolute Gasteiger partial charge is 0.253 e. The maximum Gasteiger partial charge on any atom is 0.253 e. The summed E-state index contributed by atoms with van der Waals surface area (Å²) < 4.78 is 5.70. The molecule has 1 aromatic carbocycles. The van der Waals surface area contributed by atoms with Crippen LogP contribution in [0.15, 0.2) is 48.8 Å².